The summed E-state index contributed by atoms with van der Waals surface area (Å²) >= 11 is 6.01. The van der Waals surface area contributed by atoms with Crippen molar-refractivity contribution >= 4 is 35.3 Å². The van der Waals surface area contributed by atoms with Crippen LogP contribution in [0.25, 0.3) is 0 Å². The van der Waals surface area contributed by atoms with Gasteiger partial charge in [0.25, 0.3) is 0 Å². The molecule has 12 heteroatoms. The molecule has 3 heterocycles. The molecule has 204 valence electrons. The maximum absolute atomic E-state index is 13.6. The van der Waals surface area contributed by atoms with E-state index in [1.807, 2.05) is 0 Å². The summed E-state index contributed by atoms with van der Waals surface area (Å²) in [5.41, 5.74) is -0.0644. The lowest BCUT2D eigenvalue weighted by molar-refractivity contribution is -0.149. The van der Waals surface area contributed by atoms with Crippen LogP contribution in [0.5, 0.6) is 11.6 Å². The van der Waals surface area contributed by atoms with Crippen molar-refractivity contribution in [2.24, 2.45) is 5.41 Å². The van der Waals surface area contributed by atoms with Crippen LogP contribution in [0.4, 0.5) is 15.0 Å². The number of aromatic nitrogens is 2. The number of nitrogens with zero attached hydrogens (tertiary/aromatic N) is 4. The van der Waals surface area contributed by atoms with Crippen LogP contribution in [0.3, 0.4) is 0 Å². The Morgan fingerprint density at radius 1 is 1.18 bits per heavy atom. The van der Waals surface area contributed by atoms with Crippen LogP contribution in [0.1, 0.15) is 31.5 Å². The standard InChI is InChI=1S/C27H27ClFN5O5/c1-16-20(39-23-11-8-19(29)13-30-23)9-10-21(31-16)32-22-12-24(35)34(15-27(2,3)25(36)37)26(38)33(22)14-17-4-6-18(28)7-5-17/h4-11,13,22H,12,14-15H2,1-3H3,(H,31,32)(H,36,37). The maximum atomic E-state index is 13.6. The molecule has 1 unspecified atom stereocenters. The lowest BCUT2D eigenvalue weighted by atomic mass is 9.92. The number of anilines is 1. The van der Waals surface area contributed by atoms with Gasteiger partial charge < -0.3 is 15.2 Å². The number of carbonyl (C=O) groups is 3. The van der Waals surface area contributed by atoms with E-state index < -0.39 is 35.3 Å². The van der Waals surface area contributed by atoms with E-state index >= 15 is 0 Å². The summed E-state index contributed by atoms with van der Waals surface area (Å²) in [6.45, 7) is 4.50. The zero-order valence-corrected chi connectivity index (χ0v) is 22.3. The summed E-state index contributed by atoms with van der Waals surface area (Å²) in [5, 5.41) is 13.2. The molecular weight excluding hydrogens is 529 g/mol. The van der Waals surface area contributed by atoms with E-state index in [1.165, 1.54) is 30.9 Å². The molecule has 1 aromatic carbocycles. The number of hydrogen-bond donors (Lipinski definition) is 2. The molecule has 10 nitrogen and oxygen atoms in total. The topological polar surface area (TPSA) is 125 Å². The highest BCUT2D eigenvalue weighted by atomic mass is 35.5. The third-order valence-electron chi connectivity index (χ3n) is 6.19. The Bertz CT molecular complexity index is 1380. The fourth-order valence-electron chi connectivity index (χ4n) is 3.94. The molecule has 1 aliphatic rings. The number of halogens is 2. The number of rotatable bonds is 9. The number of aryl methyl sites for hydroxylation is 1. The smallest absolute Gasteiger partial charge is 0.328 e. The van der Waals surface area contributed by atoms with Crippen LogP contribution in [0.2, 0.25) is 5.02 Å². The first-order valence-electron chi connectivity index (χ1n) is 12.1. The third-order valence-corrected chi connectivity index (χ3v) is 6.44. The number of hydrogen-bond acceptors (Lipinski definition) is 7. The van der Waals surface area contributed by atoms with E-state index in [0.29, 0.717) is 22.3 Å². The summed E-state index contributed by atoms with van der Waals surface area (Å²) in [5.74, 6) is -1.12. The first-order chi connectivity index (χ1) is 18.4. The molecule has 3 aromatic rings. The van der Waals surface area contributed by atoms with Crippen molar-refractivity contribution in [1.82, 2.24) is 19.8 Å². The van der Waals surface area contributed by atoms with E-state index in [-0.39, 0.29) is 25.4 Å². The molecule has 4 rings (SSSR count). The second-order valence-electron chi connectivity index (χ2n) is 9.77. The molecule has 0 saturated carbocycles. The molecule has 39 heavy (non-hydrogen) atoms. The van der Waals surface area contributed by atoms with Crippen LogP contribution < -0.4 is 10.1 Å². The van der Waals surface area contributed by atoms with Crippen LogP contribution in [0, 0.1) is 18.2 Å². The number of urea groups is 1. The molecular formula is C27H27ClFN5O5. The summed E-state index contributed by atoms with van der Waals surface area (Å²) in [7, 11) is 0. The van der Waals surface area contributed by atoms with Gasteiger partial charge in [0, 0.05) is 24.2 Å². The van der Waals surface area contributed by atoms with Crippen LogP contribution in [0.15, 0.2) is 54.7 Å². The molecule has 1 saturated heterocycles. The molecule has 2 N–H and O–H groups in total. The first kappa shape index (κ1) is 27.8. The molecule has 0 radical (unpaired) electrons. The Hall–Kier alpha value is -4.25. The molecule has 3 amide bonds. The molecule has 1 atom stereocenters. The first-order valence-corrected chi connectivity index (χ1v) is 12.4. The van der Waals surface area contributed by atoms with Gasteiger partial charge in [0.2, 0.25) is 11.8 Å². The minimum absolute atomic E-state index is 0.104. The summed E-state index contributed by atoms with van der Waals surface area (Å²) < 4.78 is 18.8. The van der Waals surface area contributed by atoms with Crippen molar-refractivity contribution in [2.45, 2.75) is 39.9 Å². The monoisotopic (exact) mass is 555 g/mol. The number of carbonyl (C=O) groups excluding carboxylic acids is 2. The Morgan fingerprint density at radius 2 is 1.90 bits per heavy atom. The normalized spacial score (nSPS) is 15.9. The molecule has 0 bridgehead atoms. The van der Waals surface area contributed by atoms with Gasteiger partial charge in [-0.1, -0.05) is 23.7 Å². The van der Waals surface area contributed by atoms with Crippen molar-refractivity contribution in [2.75, 3.05) is 11.9 Å². The van der Waals surface area contributed by atoms with Crippen molar-refractivity contribution < 1.29 is 28.6 Å². The van der Waals surface area contributed by atoms with E-state index in [2.05, 4.69) is 15.3 Å². The predicted molar refractivity (Wildman–Crippen MR) is 141 cm³/mol. The fraction of sp³-hybridized carbons (Fsp3) is 0.296. The lowest BCUT2D eigenvalue weighted by Crippen LogP contribution is -2.60. The summed E-state index contributed by atoms with van der Waals surface area (Å²) in [6, 6.07) is 12.2. The van der Waals surface area contributed by atoms with Gasteiger partial charge in [-0.25, -0.2) is 19.2 Å². The van der Waals surface area contributed by atoms with Gasteiger partial charge in [-0.2, -0.15) is 0 Å². The molecule has 1 aliphatic heterocycles. The van der Waals surface area contributed by atoms with E-state index in [9.17, 15) is 23.9 Å². The number of pyridine rings is 2. The van der Waals surface area contributed by atoms with Gasteiger partial charge in [-0.05, 0) is 56.7 Å². The van der Waals surface area contributed by atoms with Crippen LogP contribution in [-0.4, -0.2) is 55.5 Å². The van der Waals surface area contributed by atoms with E-state index in [0.717, 1.165) is 16.7 Å². The number of benzene rings is 1. The summed E-state index contributed by atoms with van der Waals surface area (Å²) in [4.78, 5) is 49.1. The van der Waals surface area contributed by atoms with Crippen molar-refractivity contribution in [3.63, 3.8) is 0 Å². The molecule has 1 fully saturated rings. The Morgan fingerprint density at radius 3 is 2.51 bits per heavy atom. The number of nitrogens with one attached hydrogen (secondary N) is 1. The number of carboxylic acid groups (broad SMARTS) is 1. The SMILES string of the molecule is Cc1nc(NC2CC(=O)N(CC(C)(C)C(=O)O)C(=O)N2Cc2ccc(Cl)cc2)ccc1Oc1ccc(F)cn1. The number of amides is 3. The van der Waals surface area contributed by atoms with Crippen molar-refractivity contribution in [1.29, 1.82) is 0 Å². The van der Waals surface area contributed by atoms with E-state index in [4.69, 9.17) is 16.3 Å². The van der Waals surface area contributed by atoms with Gasteiger partial charge in [0.05, 0.1) is 23.7 Å². The Kier molecular flexibility index (Phi) is 8.01. The summed E-state index contributed by atoms with van der Waals surface area (Å²) in [6.07, 6.45) is 0.177. The number of imide groups is 1. The van der Waals surface area contributed by atoms with Gasteiger partial charge >= 0.3 is 12.0 Å². The minimum Gasteiger partial charge on any atom is -0.481 e. The zero-order chi connectivity index (χ0) is 28.3. The molecule has 2 aromatic heterocycles. The Balaban J connectivity index is 1.57. The van der Waals surface area contributed by atoms with Crippen molar-refractivity contribution in [3.05, 3.63) is 76.8 Å². The van der Waals surface area contributed by atoms with Gasteiger partial charge in [0.1, 0.15) is 17.8 Å². The van der Waals surface area contributed by atoms with Crippen LogP contribution >= 0.6 is 11.6 Å². The van der Waals surface area contributed by atoms with Gasteiger partial charge in [-0.15, -0.1) is 0 Å². The average molecular weight is 556 g/mol. The largest absolute Gasteiger partial charge is 0.481 e. The molecule has 0 aliphatic carbocycles. The second-order valence-corrected chi connectivity index (χ2v) is 10.2. The maximum Gasteiger partial charge on any atom is 0.328 e. The highest BCUT2D eigenvalue weighted by Gasteiger charge is 2.43. The third kappa shape index (κ3) is 6.61. The zero-order valence-electron chi connectivity index (χ0n) is 21.5. The quantitative estimate of drug-likeness (QED) is 0.375. The number of carboxylic acids is 1. The second kappa shape index (κ2) is 11.2. The minimum atomic E-state index is -1.33. The van der Waals surface area contributed by atoms with Gasteiger partial charge in [0.15, 0.2) is 5.75 Å². The average Bonchev–Trinajstić information content (AvgIpc) is 2.88. The Labute approximate surface area is 229 Å². The number of aliphatic carboxylic acids is 1. The predicted octanol–water partition coefficient (Wildman–Crippen LogP) is 5.07. The van der Waals surface area contributed by atoms with Gasteiger partial charge in [-0.3, -0.25) is 19.4 Å². The fourth-order valence-corrected chi connectivity index (χ4v) is 4.06. The molecule has 0 spiro atoms. The van der Waals surface area contributed by atoms with Crippen molar-refractivity contribution in [3.8, 4) is 11.6 Å². The number of ether oxygens (including phenoxy) is 1. The van der Waals surface area contributed by atoms with Crippen LogP contribution in [-0.2, 0) is 16.1 Å². The van der Waals surface area contributed by atoms with E-state index in [1.54, 1.807) is 43.3 Å². The highest BCUT2D eigenvalue weighted by Crippen LogP contribution is 2.28. The highest BCUT2D eigenvalue weighted by molar-refractivity contribution is 6.30. The lowest BCUT2D eigenvalue weighted by Gasteiger charge is -2.42.